The third-order valence-electron chi connectivity index (χ3n) is 8.46. The van der Waals surface area contributed by atoms with Gasteiger partial charge in [-0.05, 0) is 44.1 Å². The predicted molar refractivity (Wildman–Crippen MR) is 150 cm³/mol. The second-order valence-electron chi connectivity index (χ2n) is 13.8. The Kier molecular flexibility index (Phi) is 9.12. The van der Waals surface area contributed by atoms with E-state index in [1.54, 1.807) is 0 Å². The zero-order valence-corrected chi connectivity index (χ0v) is 25.5. The molecule has 5 atom stereocenters. The van der Waals surface area contributed by atoms with Gasteiger partial charge in [-0.1, -0.05) is 70.7 Å². The minimum absolute atomic E-state index is 0.0217. The van der Waals surface area contributed by atoms with Gasteiger partial charge >= 0.3 is 0 Å². The number of carbonyl (C=O) groups excluding carboxylic acids is 1. The molecule has 1 N–H and O–H groups in total. The quantitative estimate of drug-likeness (QED) is 0.309. The lowest BCUT2D eigenvalue weighted by Gasteiger charge is -2.48. The van der Waals surface area contributed by atoms with Crippen LogP contribution in [-0.4, -0.2) is 51.2 Å². The Balaban J connectivity index is 1.46. The highest BCUT2D eigenvalue weighted by molar-refractivity contribution is 6.77. The van der Waals surface area contributed by atoms with Crippen molar-refractivity contribution in [1.82, 2.24) is 5.32 Å². The normalized spacial score (nSPS) is 32.8. The summed E-state index contributed by atoms with van der Waals surface area (Å²) in [5, 5.41) is 3.13. The van der Waals surface area contributed by atoms with Crippen LogP contribution in [0.5, 0.6) is 0 Å². The summed E-state index contributed by atoms with van der Waals surface area (Å²) in [5.41, 5.74) is 1.24. The van der Waals surface area contributed by atoms with Gasteiger partial charge < -0.3 is 19.5 Å². The summed E-state index contributed by atoms with van der Waals surface area (Å²) in [6.07, 6.45) is 4.60. The van der Waals surface area contributed by atoms with E-state index >= 15 is 0 Å². The number of benzene rings is 1. The van der Waals surface area contributed by atoms with E-state index < -0.39 is 19.6 Å². The van der Waals surface area contributed by atoms with Crippen LogP contribution in [0.4, 0.5) is 0 Å². The Morgan fingerprint density at radius 1 is 1.05 bits per heavy atom. The molecule has 1 amide bonds. The largest absolute Gasteiger partial charge is 0.356 e. The van der Waals surface area contributed by atoms with Gasteiger partial charge in [-0.25, -0.2) is 4.89 Å². The molecule has 3 aliphatic rings. The average Bonchev–Trinajstić information content (AvgIpc) is 3.30. The maximum absolute atomic E-state index is 13.1. The number of nitrogens with one attached hydrogen (secondary N) is 1. The van der Waals surface area contributed by atoms with Gasteiger partial charge in [0.15, 0.2) is 11.7 Å². The number of amides is 1. The molecule has 1 aromatic rings. The van der Waals surface area contributed by atoms with Gasteiger partial charge in [-0.3, -0.25) is 4.79 Å². The van der Waals surface area contributed by atoms with Gasteiger partial charge in [0.2, 0.25) is 11.7 Å². The molecule has 0 bridgehead atoms. The molecule has 7 nitrogen and oxygen atoms in total. The minimum atomic E-state index is -1.82. The molecule has 3 unspecified atom stereocenters. The highest BCUT2D eigenvalue weighted by atomic mass is 28.3. The van der Waals surface area contributed by atoms with Crippen molar-refractivity contribution >= 4 is 14.0 Å². The van der Waals surface area contributed by atoms with Gasteiger partial charge in [0.25, 0.3) is 0 Å². The van der Waals surface area contributed by atoms with Crippen LogP contribution in [0.1, 0.15) is 65.4 Å². The molecule has 2 heterocycles. The summed E-state index contributed by atoms with van der Waals surface area (Å²) in [6.45, 7) is 17.3. The monoisotopic (exact) mass is 547 g/mol. The summed E-state index contributed by atoms with van der Waals surface area (Å²) in [6, 6.07) is 10.2. The summed E-state index contributed by atoms with van der Waals surface area (Å²) < 4.78 is 19.2. The van der Waals surface area contributed by atoms with Gasteiger partial charge in [-0.15, -0.1) is 0 Å². The third-order valence-corrected chi connectivity index (χ3v) is 10.1. The lowest BCUT2D eigenvalue weighted by Crippen LogP contribution is -2.55. The predicted octanol–water partition coefficient (Wildman–Crippen LogP) is 5.85. The summed E-state index contributed by atoms with van der Waals surface area (Å²) >= 11 is 0. The van der Waals surface area contributed by atoms with Crippen LogP contribution >= 0.6 is 0 Å². The van der Waals surface area contributed by atoms with E-state index in [4.69, 9.17) is 24.0 Å². The minimum Gasteiger partial charge on any atom is -0.356 e. The maximum Gasteiger partial charge on any atom is 0.220 e. The van der Waals surface area contributed by atoms with E-state index in [0.29, 0.717) is 32.1 Å². The second kappa shape index (κ2) is 11.7. The van der Waals surface area contributed by atoms with Gasteiger partial charge in [0.1, 0.15) is 8.07 Å². The molecular formula is C30H49NO6Si. The third kappa shape index (κ3) is 7.07. The van der Waals surface area contributed by atoms with Crippen molar-refractivity contribution in [2.75, 3.05) is 19.8 Å². The zero-order valence-electron chi connectivity index (χ0n) is 24.5. The molecule has 1 aliphatic carbocycles. The van der Waals surface area contributed by atoms with E-state index in [9.17, 15) is 4.79 Å². The molecule has 8 heteroatoms. The first kappa shape index (κ1) is 29.7. The van der Waals surface area contributed by atoms with Crippen molar-refractivity contribution in [3.63, 3.8) is 0 Å². The molecule has 0 aromatic heterocycles. The Morgan fingerprint density at radius 3 is 2.37 bits per heavy atom. The summed E-state index contributed by atoms with van der Waals surface area (Å²) in [4.78, 5) is 25.3. The molecule has 0 radical (unpaired) electrons. The first-order valence-electron chi connectivity index (χ1n) is 14.4. The Bertz CT molecular complexity index is 924. The average molecular weight is 548 g/mol. The molecule has 2 aliphatic heterocycles. The van der Waals surface area contributed by atoms with Crippen molar-refractivity contribution in [2.24, 2.45) is 23.2 Å². The fraction of sp³-hybridized carbons (Fsp3) is 0.767. The first-order chi connectivity index (χ1) is 17.8. The Morgan fingerprint density at radius 2 is 1.74 bits per heavy atom. The molecule has 1 aromatic carbocycles. The van der Waals surface area contributed by atoms with Crippen LogP contribution in [0.15, 0.2) is 30.3 Å². The highest BCUT2D eigenvalue weighted by Crippen LogP contribution is 2.53. The molecule has 2 saturated heterocycles. The number of ether oxygens (including phenoxy) is 3. The van der Waals surface area contributed by atoms with Crippen molar-refractivity contribution in [3.05, 3.63) is 35.9 Å². The standard InChI is InChI=1S/C30H49NO6Si/c1-22-13-14-24(19-26(32)31-18-16-23-11-9-8-10-12-23)30(35-27(36-37-30)38(5,6)7)25(22)15-17-29(4)33-20-28(2,3)21-34-29/h8-12,22,24-25,27H,13-21H2,1-7H3,(H,31,32)/t22-,24?,25+,27?,30?/m1/s1. The SMILES string of the molecule is C[C@@H]1CCC(CC(=O)NCCc2ccccc2)C2(OOC([Si](C)(C)C)O2)[C@H]1CCC1(C)OCC(C)(C)CO1. The molecular weight excluding hydrogens is 498 g/mol. The van der Waals surface area contributed by atoms with Crippen LogP contribution in [0.2, 0.25) is 19.6 Å². The van der Waals surface area contributed by atoms with Gasteiger partial charge in [0, 0.05) is 36.6 Å². The van der Waals surface area contributed by atoms with E-state index in [2.05, 4.69) is 57.9 Å². The topological polar surface area (TPSA) is 75.3 Å². The molecule has 3 fully saturated rings. The summed E-state index contributed by atoms with van der Waals surface area (Å²) in [5.74, 6) is -1.55. The van der Waals surface area contributed by atoms with Crippen LogP contribution in [0.3, 0.4) is 0 Å². The van der Waals surface area contributed by atoms with E-state index in [-0.39, 0.29) is 29.1 Å². The van der Waals surface area contributed by atoms with E-state index in [1.807, 2.05) is 25.1 Å². The Labute approximate surface area is 230 Å². The van der Waals surface area contributed by atoms with Crippen LogP contribution in [0, 0.1) is 23.2 Å². The van der Waals surface area contributed by atoms with Gasteiger partial charge in [0.05, 0.1) is 13.2 Å². The Hall–Kier alpha value is -1.29. The maximum atomic E-state index is 13.1. The highest BCUT2D eigenvalue weighted by Gasteiger charge is 2.60. The molecule has 4 rings (SSSR count). The number of carbonyl (C=O) groups is 1. The van der Waals surface area contributed by atoms with Crippen LogP contribution in [0.25, 0.3) is 0 Å². The van der Waals surface area contributed by atoms with E-state index in [0.717, 1.165) is 32.1 Å². The van der Waals surface area contributed by atoms with Crippen molar-refractivity contribution in [2.45, 2.75) is 103 Å². The smallest absolute Gasteiger partial charge is 0.220 e. The fourth-order valence-corrected chi connectivity index (χ4v) is 6.76. The lowest BCUT2D eigenvalue weighted by atomic mass is 9.67. The number of rotatable bonds is 9. The number of hydrogen-bond acceptors (Lipinski definition) is 6. The number of hydrogen-bond donors (Lipinski definition) is 1. The van der Waals surface area contributed by atoms with E-state index in [1.165, 1.54) is 5.56 Å². The van der Waals surface area contributed by atoms with Crippen molar-refractivity contribution in [1.29, 1.82) is 0 Å². The molecule has 1 saturated carbocycles. The van der Waals surface area contributed by atoms with Crippen molar-refractivity contribution < 1.29 is 28.8 Å². The lowest BCUT2D eigenvalue weighted by molar-refractivity contribution is -0.370. The molecule has 1 spiro atoms. The van der Waals surface area contributed by atoms with Crippen LogP contribution < -0.4 is 5.32 Å². The fourth-order valence-electron chi connectivity index (χ4n) is 5.88. The van der Waals surface area contributed by atoms with Crippen LogP contribution in [-0.2, 0) is 35.2 Å². The molecule has 38 heavy (non-hydrogen) atoms. The second-order valence-corrected chi connectivity index (χ2v) is 19.0. The van der Waals surface area contributed by atoms with Crippen molar-refractivity contribution in [3.8, 4) is 0 Å². The first-order valence-corrected chi connectivity index (χ1v) is 18.0. The zero-order chi connectivity index (χ0) is 27.6. The molecule has 214 valence electrons. The van der Waals surface area contributed by atoms with Gasteiger partial charge in [-0.2, -0.15) is 4.89 Å². The summed E-state index contributed by atoms with van der Waals surface area (Å²) in [7, 11) is -1.82.